The van der Waals surface area contributed by atoms with E-state index in [2.05, 4.69) is 16.3 Å². The quantitative estimate of drug-likeness (QED) is 0.749. The second-order valence-electron chi connectivity index (χ2n) is 4.97. The number of aryl methyl sites for hydroxylation is 4. The van der Waals surface area contributed by atoms with Crippen LogP contribution >= 0.6 is 0 Å². The van der Waals surface area contributed by atoms with Crippen LogP contribution in [0.25, 0.3) is 0 Å². The predicted molar refractivity (Wildman–Crippen MR) is 77.7 cm³/mol. The minimum Gasteiger partial charge on any atom is -0.507 e. The van der Waals surface area contributed by atoms with Crippen LogP contribution in [0.1, 0.15) is 22.3 Å². The standard InChI is InChI=1S/C16H18N2O/c1-10-5-11(2)7-14(6-10)17-18-15-8-12(3)16(19)13(4)9-15/h5-9,19H,1-4H3. The molecule has 0 radical (unpaired) electrons. The van der Waals surface area contributed by atoms with Gasteiger partial charge in [0, 0.05) is 0 Å². The number of rotatable bonds is 2. The van der Waals surface area contributed by atoms with E-state index in [1.807, 2.05) is 52.0 Å². The Kier molecular flexibility index (Phi) is 3.65. The Hall–Kier alpha value is -2.16. The van der Waals surface area contributed by atoms with E-state index in [4.69, 9.17) is 0 Å². The van der Waals surface area contributed by atoms with Crippen molar-refractivity contribution < 1.29 is 5.11 Å². The summed E-state index contributed by atoms with van der Waals surface area (Å²) >= 11 is 0. The Morgan fingerprint density at radius 3 is 1.58 bits per heavy atom. The summed E-state index contributed by atoms with van der Waals surface area (Å²) in [7, 11) is 0. The van der Waals surface area contributed by atoms with Crippen molar-refractivity contribution in [3.8, 4) is 5.75 Å². The van der Waals surface area contributed by atoms with Crippen LogP contribution in [-0.4, -0.2) is 5.11 Å². The van der Waals surface area contributed by atoms with Crippen molar-refractivity contribution in [3.63, 3.8) is 0 Å². The Balaban J connectivity index is 2.32. The molecule has 0 saturated carbocycles. The second-order valence-corrected chi connectivity index (χ2v) is 4.97. The molecule has 0 aromatic heterocycles. The van der Waals surface area contributed by atoms with Crippen LogP contribution in [0.4, 0.5) is 11.4 Å². The van der Waals surface area contributed by atoms with Gasteiger partial charge in [-0.2, -0.15) is 10.2 Å². The zero-order chi connectivity index (χ0) is 14.0. The fourth-order valence-electron chi connectivity index (χ4n) is 2.11. The van der Waals surface area contributed by atoms with E-state index < -0.39 is 0 Å². The molecular formula is C16H18N2O. The van der Waals surface area contributed by atoms with Gasteiger partial charge in [-0.25, -0.2) is 0 Å². The Labute approximate surface area is 113 Å². The van der Waals surface area contributed by atoms with Crippen molar-refractivity contribution in [2.24, 2.45) is 10.2 Å². The Morgan fingerprint density at radius 2 is 1.11 bits per heavy atom. The molecule has 0 aliphatic rings. The molecule has 3 heteroatoms. The lowest BCUT2D eigenvalue weighted by Crippen LogP contribution is -1.79. The highest BCUT2D eigenvalue weighted by Gasteiger charge is 2.02. The molecule has 0 aliphatic heterocycles. The molecule has 0 atom stereocenters. The zero-order valence-electron chi connectivity index (χ0n) is 11.7. The summed E-state index contributed by atoms with van der Waals surface area (Å²) in [6, 6.07) is 9.75. The largest absolute Gasteiger partial charge is 0.507 e. The van der Waals surface area contributed by atoms with E-state index in [0.717, 1.165) is 22.5 Å². The minimum absolute atomic E-state index is 0.324. The van der Waals surface area contributed by atoms with Gasteiger partial charge in [0.15, 0.2) is 0 Å². The fourth-order valence-corrected chi connectivity index (χ4v) is 2.11. The lowest BCUT2D eigenvalue weighted by molar-refractivity contribution is 0.467. The minimum atomic E-state index is 0.324. The van der Waals surface area contributed by atoms with Gasteiger partial charge in [0.2, 0.25) is 0 Å². The average Bonchev–Trinajstić information content (AvgIpc) is 2.32. The summed E-state index contributed by atoms with van der Waals surface area (Å²) in [4.78, 5) is 0. The Morgan fingerprint density at radius 1 is 0.684 bits per heavy atom. The van der Waals surface area contributed by atoms with Crippen molar-refractivity contribution >= 4 is 11.4 Å². The van der Waals surface area contributed by atoms with Crippen molar-refractivity contribution in [2.45, 2.75) is 27.7 Å². The van der Waals surface area contributed by atoms with Gasteiger partial charge in [-0.1, -0.05) is 6.07 Å². The number of aromatic hydroxyl groups is 1. The van der Waals surface area contributed by atoms with Crippen molar-refractivity contribution in [1.29, 1.82) is 0 Å². The maximum atomic E-state index is 9.72. The first-order chi connectivity index (χ1) is 8.95. The molecule has 0 aliphatic carbocycles. The molecule has 0 heterocycles. The molecule has 0 fully saturated rings. The van der Waals surface area contributed by atoms with Crippen molar-refractivity contribution in [3.05, 3.63) is 52.6 Å². The highest BCUT2D eigenvalue weighted by molar-refractivity contribution is 5.51. The number of phenolic OH excluding ortho intramolecular Hbond substituents is 1. The van der Waals surface area contributed by atoms with Gasteiger partial charge in [0.1, 0.15) is 5.75 Å². The normalized spacial score (nSPS) is 11.2. The molecular weight excluding hydrogens is 236 g/mol. The van der Waals surface area contributed by atoms with Gasteiger partial charge >= 0.3 is 0 Å². The average molecular weight is 254 g/mol. The van der Waals surface area contributed by atoms with Crippen molar-refractivity contribution in [2.75, 3.05) is 0 Å². The van der Waals surface area contributed by atoms with Gasteiger partial charge in [-0.05, 0) is 74.2 Å². The zero-order valence-corrected chi connectivity index (χ0v) is 11.7. The van der Waals surface area contributed by atoms with Crippen LogP contribution in [0.3, 0.4) is 0 Å². The number of nitrogens with zero attached hydrogens (tertiary/aromatic N) is 2. The number of hydrogen-bond donors (Lipinski definition) is 1. The predicted octanol–water partition coefficient (Wildman–Crippen LogP) is 5.04. The molecule has 0 spiro atoms. The fraction of sp³-hybridized carbons (Fsp3) is 0.250. The van der Waals surface area contributed by atoms with E-state index in [1.165, 1.54) is 11.1 Å². The smallest absolute Gasteiger partial charge is 0.121 e. The number of phenols is 1. The van der Waals surface area contributed by atoms with Gasteiger partial charge in [0.25, 0.3) is 0 Å². The van der Waals surface area contributed by atoms with E-state index >= 15 is 0 Å². The van der Waals surface area contributed by atoms with E-state index in [9.17, 15) is 5.11 Å². The third kappa shape index (κ3) is 3.19. The van der Waals surface area contributed by atoms with Crippen LogP contribution in [0.15, 0.2) is 40.6 Å². The maximum Gasteiger partial charge on any atom is 0.121 e. The first-order valence-corrected chi connectivity index (χ1v) is 6.26. The van der Waals surface area contributed by atoms with E-state index in [-0.39, 0.29) is 0 Å². The lowest BCUT2D eigenvalue weighted by Gasteiger charge is -2.04. The first kappa shape index (κ1) is 13.3. The molecule has 0 amide bonds. The van der Waals surface area contributed by atoms with Gasteiger partial charge in [-0.3, -0.25) is 0 Å². The maximum absolute atomic E-state index is 9.72. The third-order valence-electron chi connectivity index (χ3n) is 2.96. The second kappa shape index (κ2) is 5.22. The van der Waals surface area contributed by atoms with E-state index in [0.29, 0.717) is 5.75 Å². The number of azo groups is 1. The molecule has 98 valence electrons. The highest BCUT2D eigenvalue weighted by atomic mass is 16.3. The summed E-state index contributed by atoms with van der Waals surface area (Å²) in [6.07, 6.45) is 0. The van der Waals surface area contributed by atoms with Crippen molar-refractivity contribution in [1.82, 2.24) is 0 Å². The molecule has 0 saturated heterocycles. The van der Waals surface area contributed by atoms with Gasteiger partial charge in [-0.15, -0.1) is 0 Å². The highest BCUT2D eigenvalue weighted by Crippen LogP contribution is 2.28. The third-order valence-corrected chi connectivity index (χ3v) is 2.96. The SMILES string of the molecule is Cc1cc(C)cc(N=Nc2cc(C)c(O)c(C)c2)c1. The number of benzene rings is 2. The molecule has 1 N–H and O–H groups in total. The van der Waals surface area contributed by atoms with Crippen LogP contribution in [0.5, 0.6) is 5.75 Å². The summed E-state index contributed by atoms with van der Waals surface area (Å²) in [5.74, 6) is 0.324. The molecule has 3 nitrogen and oxygen atoms in total. The molecule has 2 rings (SSSR count). The molecule has 0 bridgehead atoms. The topological polar surface area (TPSA) is 45.0 Å². The van der Waals surface area contributed by atoms with Gasteiger partial charge < -0.3 is 5.11 Å². The van der Waals surface area contributed by atoms with Crippen LogP contribution in [0.2, 0.25) is 0 Å². The monoisotopic (exact) mass is 254 g/mol. The van der Waals surface area contributed by atoms with Gasteiger partial charge in [0.05, 0.1) is 11.4 Å². The number of hydrogen-bond acceptors (Lipinski definition) is 3. The first-order valence-electron chi connectivity index (χ1n) is 6.26. The molecule has 19 heavy (non-hydrogen) atoms. The summed E-state index contributed by atoms with van der Waals surface area (Å²) in [5, 5.41) is 18.2. The molecule has 2 aromatic carbocycles. The summed E-state index contributed by atoms with van der Waals surface area (Å²) in [6.45, 7) is 7.80. The lowest BCUT2D eigenvalue weighted by atomic mass is 10.1. The molecule has 0 unspecified atom stereocenters. The summed E-state index contributed by atoms with van der Waals surface area (Å²) < 4.78 is 0. The van der Waals surface area contributed by atoms with Crippen LogP contribution < -0.4 is 0 Å². The molecule has 2 aromatic rings. The van der Waals surface area contributed by atoms with Crippen LogP contribution in [0, 0.1) is 27.7 Å². The summed E-state index contributed by atoms with van der Waals surface area (Å²) in [5.41, 5.74) is 5.58. The van der Waals surface area contributed by atoms with Crippen LogP contribution in [-0.2, 0) is 0 Å². The van der Waals surface area contributed by atoms with E-state index in [1.54, 1.807) is 0 Å². The Bertz CT molecular complexity index is 602.